The average Bonchev–Trinajstić information content (AvgIpc) is 1.63. The van der Waals surface area contributed by atoms with E-state index in [4.69, 9.17) is 51.3 Å². The van der Waals surface area contributed by atoms with Crippen LogP contribution in [0.1, 0.15) is 190 Å². The van der Waals surface area contributed by atoms with Gasteiger partial charge in [0.2, 0.25) is 6.41 Å². The van der Waals surface area contributed by atoms with Crippen molar-refractivity contribution in [2.45, 2.75) is 212 Å². The molecule has 3 atom stereocenters. The normalized spacial score (nSPS) is 19.0. The van der Waals surface area contributed by atoms with Crippen LogP contribution >= 0.6 is 23.2 Å². The molecule has 96 heavy (non-hydrogen) atoms. The Kier molecular flexibility index (Phi) is 23.5. The molecule has 11 heterocycles. The van der Waals surface area contributed by atoms with Crippen molar-refractivity contribution in [2.24, 2.45) is 17.8 Å². The highest BCUT2D eigenvalue weighted by Crippen LogP contribution is 2.41. The van der Waals surface area contributed by atoms with Crippen molar-refractivity contribution >= 4 is 81.5 Å². The van der Waals surface area contributed by atoms with E-state index in [2.05, 4.69) is 129 Å². The minimum Gasteiger partial charge on any atom is -0.399 e. The van der Waals surface area contributed by atoms with Crippen molar-refractivity contribution in [2.75, 3.05) is 13.2 Å². The summed E-state index contributed by atoms with van der Waals surface area (Å²) in [5.74, 6) is 1.67. The van der Waals surface area contributed by atoms with Crippen LogP contribution in [0.25, 0.3) is 44.4 Å². The highest BCUT2D eigenvalue weighted by Gasteiger charge is 2.53. The van der Waals surface area contributed by atoms with Gasteiger partial charge in [0.25, 0.3) is 0 Å². The van der Waals surface area contributed by atoms with Gasteiger partial charge in [-0.3, -0.25) is 18.6 Å². The Morgan fingerprint density at radius 2 is 0.927 bits per heavy atom. The third-order valence-electron chi connectivity index (χ3n) is 19.9. The second-order valence-electron chi connectivity index (χ2n) is 27.0. The summed E-state index contributed by atoms with van der Waals surface area (Å²) < 4.78 is 43.1. The zero-order valence-corrected chi connectivity index (χ0v) is 58.2. The third-order valence-corrected chi connectivity index (χ3v) is 20.5. The monoisotopic (exact) mass is 1340 g/mol. The Morgan fingerprint density at radius 1 is 0.531 bits per heavy atom. The van der Waals surface area contributed by atoms with E-state index in [0.29, 0.717) is 66.2 Å². The fourth-order valence-corrected chi connectivity index (χ4v) is 13.6. The van der Waals surface area contributed by atoms with E-state index in [1.54, 1.807) is 17.1 Å². The smallest absolute Gasteiger partial charge is 0.399 e. The van der Waals surface area contributed by atoms with Gasteiger partial charge in [-0.25, -0.2) is 29.9 Å². The number of aromatic nitrogens is 15. The molecule has 14 rings (SSSR count). The molecule has 5 fully saturated rings. The zero-order chi connectivity index (χ0) is 68.2. The van der Waals surface area contributed by atoms with Crippen molar-refractivity contribution in [3.05, 3.63) is 103 Å². The van der Waals surface area contributed by atoms with Gasteiger partial charge in [0, 0.05) is 84.7 Å². The number of nitrogens with one attached hydrogen (secondary N) is 2. The standard InChI is InChI=1S/2C17H26BN3O2.C17H18N6.C11H14ClN3O2.C6H4ClN3/c2*1-16(2)17(3,4)23-18(22-16)14-11-20-21(12-14)15(9-10-19)13-7-5-6-8-13;18-7-5-15(12-3-1-2-4-12)23-10-13(9-22-23)16-14-6-8-19-17(14)21-11-20-16;1-3-16-11(17-4-2)15-6-5-8-9(12)13-7-14-10(8)15;7-5-4-1-2-8-6(4)10-3-9-5/h2*11-13,15H,5-9H2,1-4H3;6,8-12,15H,1-5H2,(H,19,20,21);5-7,11H,3-4H2,1-2H3;1-3H,(H,8,9,10)/t3*15-;;/m101../s1. The molecular formula is C68H88B2Cl2N18O6. The van der Waals surface area contributed by atoms with Gasteiger partial charge in [0.05, 0.1) is 101 Å². The Labute approximate surface area is 572 Å². The van der Waals surface area contributed by atoms with Gasteiger partial charge in [0.1, 0.15) is 46.2 Å². The number of aromatic amines is 2. The topological polar surface area (TPSA) is 294 Å². The lowest BCUT2D eigenvalue weighted by Gasteiger charge is -2.32. The van der Waals surface area contributed by atoms with Crippen LogP contribution in [0.15, 0.2) is 93.0 Å². The second kappa shape index (κ2) is 31.7. The van der Waals surface area contributed by atoms with Gasteiger partial charge < -0.3 is 38.1 Å². The van der Waals surface area contributed by atoms with Crippen LogP contribution in [0.4, 0.5) is 0 Å². The zero-order valence-electron chi connectivity index (χ0n) is 56.7. The molecule has 3 saturated carbocycles. The molecule has 0 spiro atoms. The van der Waals surface area contributed by atoms with E-state index < -0.39 is 6.41 Å². The number of nitrogens with zero attached hydrogens (tertiary/aromatic N) is 16. The van der Waals surface area contributed by atoms with Crippen LogP contribution in [0.2, 0.25) is 10.3 Å². The number of nitriles is 3. The number of rotatable bonds is 17. The predicted octanol–water partition coefficient (Wildman–Crippen LogP) is 13.3. The van der Waals surface area contributed by atoms with Crippen LogP contribution < -0.4 is 10.9 Å². The highest BCUT2D eigenvalue weighted by atomic mass is 35.5. The molecule has 0 unspecified atom stereocenters. The summed E-state index contributed by atoms with van der Waals surface area (Å²) in [6.45, 7) is 21.4. The molecule has 0 aromatic carbocycles. The molecule has 9 aromatic rings. The summed E-state index contributed by atoms with van der Waals surface area (Å²) in [5.41, 5.74) is 4.63. The Hall–Kier alpha value is -7.57. The van der Waals surface area contributed by atoms with Crippen LogP contribution in [0, 0.1) is 51.7 Å². The lowest BCUT2D eigenvalue weighted by molar-refractivity contribution is -0.183. The van der Waals surface area contributed by atoms with Crippen molar-refractivity contribution in [1.82, 2.24) is 73.8 Å². The van der Waals surface area contributed by atoms with Crippen LogP contribution in [-0.4, -0.2) is 124 Å². The lowest BCUT2D eigenvalue weighted by atomic mass is 9.82. The lowest BCUT2D eigenvalue weighted by Crippen LogP contribution is -2.41. The second-order valence-corrected chi connectivity index (χ2v) is 27.7. The summed E-state index contributed by atoms with van der Waals surface area (Å²) in [6, 6.07) is 13.1. The van der Waals surface area contributed by atoms with Gasteiger partial charge in [-0.15, -0.1) is 0 Å². The Balaban J connectivity index is 0.000000133. The average molecular weight is 1350 g/mol. The molecule has 9 aromatic heterocycles. The summed E-state index contributed by atoms with van der Waals surface area (Å²) in [7, 11) is -0.778. The van der Waals surface area contributed by atoms with Crippen molar-refractivity contribution in [3.8, 4) is 29.5 Å². The molecule has 28 heteroatoms. The van der Waals surface area contributed by atoms with Crippen LogP contribution in [0.3, 0.4) is 0 Å². The van der Waals surface area contributed by atoms with E-state index in [9.17, 15) is 15.8 Å². The maximum Gasteiger partial charge on any atom is 0.498 e. The summed E-state index contributed by atoms with van der Waals surface area (Å²) in [6.07, 6.45) is 37.2. The van der Waals surface area contributed by atoms with E-state index in [-0.39, 0.29) is 54.8 Å². The van der Waals surface area contributed by atoms with Crippen molar-refractivity contribution in [3.63, 3.8) is 0 Å². The van der Waals surface area contributed by atoms with E-state index in [1.165, 1.54) is 89.7 Å². The van der Waals surface area contributed by atoms with Gasteiger partial charge in [-0.1, -0.05) is 61.7 Å². The maximum absolute atomic E-state index is 9.18. The van der Waals surface area contributed by atoms with Gasteiger partial charge in [-0.05, 0) is 144 Å². The number of ether oxygens (including phenoxy) is 2. The van der Waals surface area contributed by atoms with Crippen LogP contribution in [-0.2, 0) is 28.1 Å². The minimum atomic E-state index is -0.478. The summed E-state index contributed by atoms with van der Waals surface area (Å²) >= 11 is 11.7. The van der Waals surface area contributed by atoms with E-state index in [0.717, 1.165) is 49.6 Å². The fourth-order valence-electron chi connectivity index (χ4n) is 13.2. The quantitative estimate of drug-likeness (QED) is 0.0486. The molecule has 0 amide bonds. The number of H-pyrrole nitrogens is 2. The van der Waals surface area contributed by atoms with Crippen molar-refractivity contribution < 1.29 is 28.1 Å². The molecular weight excluding hydrogens is 1260 g/mol. The molecule has 5 aliphatic rings. The summed E-state index contributed by atoms with van der Waals surface area (Å²) in [4.78, 5) is 30.6. The fraction of sp³-hybridized carbons (Fsp3) is 0.559. The van der Waals surface area contributed by atoms with Gasteiger partial charge in [-0.2, -0.15) is 31.1 Å². The minimum absolute atomic E-state index is 0.165. The molecule has 0 bridgehead atoms. The van der Waals surface area contributed by atoms with Crippen molar-refractivity contribution in [1.29, 1.82) is 15.8 Å². The largest absolute Gasteiger partial charge is 0.498 e. The third kappa shape index (κ3) is 16.3. The molecule has 2 aliphatic heterocycles. The molecule has 24 nitrogen and oxygen atoms in total. The van der Waals surface area contributed by atoms with E-state index >= 15 is 0 Å². The SMILES string of the molecule is CC1(C)OB(c2cnn([C@@H](CC#N)C3CCCC3)c2)OC1(C)C.CC1(C)OB(c2cnn([C@H](CC#N)C3CCCC3)c2)OC1(C)C.CCOC(OCC)n1ccc2c(Cl)ncnc21.Clc1ncnc2[nH]ccc12.N#CC[C@H](C1CCCC1)n1cc(-c2ncnc3[nH]ccc23)cn1. The number of hydrogen-bond donors (Lipinski definition) is 2. The first kappa shape index (κ1) is 71.2. The number of halogens is 2. The molecule has 0 radical (unpaired) electrons. The maximum atomic E-state index is 9.18. The number of fused-ring (bicyclic) bond motifs is 3. The first-order valence-electron chi connectivity index (χ1n) is 33.6. The predicted molar refractivity (Wildman–Crippen MR) is 368 cm³/mol. The van der Waals surface area contributed by atoms with Gasteiger partial charge >= 0.3 is 14.2 Å². The molecule has 506 valence electrons. The Bertz CT molecular complexity index is 3960. The molecule has 3 aliphatic carbocycles. The van der Waals surface area contributed by atoms with Crippen LogP contribution in [0.5, 0.6) is 0 Å². The first-order chi connectivity index (χ1) is 46.2. The van der Waals surface area contributed by atoms with Gasteiger partial charge in [0.15, 0.2) is 0 Å². The summed E-state index contributed by atoms with van der Waals surface area (Å²) in [5, 5.41) is 44.7. The molecule has 2 saturated heterocycles. The number of hydrogen-bond acceptors (Lipinski definition) is 18. The van der Waals surface area contributed by atoms with E-state index in [1.807, 2.05) is 95.7 Å². The first-order valence-corrected chi connectivity index (χ1v) is 34.3. The molecule has 2 N–H and O–H groups in total. The Morgan fingerprint density at radius 3 is 1.36 bits per heavy atom. The highest BCUT2D eigenvalue weighted by molar-refractivity contribution is 6.62.